The Kier molecular flexibility index (Phi) is 8.66. The van der Waals surface area contributed by atoms with Crippen molar-refractivity contribution in [2.24, 2.45) is 0 Å². The molecule has 0 saturated carbocycles. The number of benzene rings is 3. The van der Waals surface area contributed by atoms with Crippen LogP contribution in [0.1, 0.15) is 52.0 Å². The molecule has 6 aromatic rings. The van der Waals surface area contributed by atoms with Crippen LogP contribution in [0.25, 0.3) is 22.3 Å². The Bertz CT molecular complexity index is 2110. The van der Waals surface area contributed by atoms with Gasteiger partial charge in [0.05, 0.1) is 28.8 Å². The number of carbonyl (C=O) groups is 1. The van der Waals surface area contributed by atoms with Gasteiger partial charge in [-0.15, -0.1) is 10.2 Å². The van der Waals surface area contributed by atoms with Crippen LogP contribution >= 0.6 is 0 Å². The van der Waals surface area contributed by atoms with E-state index in [0.29, 0.717) is 29.2 Å². The van der Waals surface area contributed by atoms with Gasteiger partial charge in [-0.05, 0) is 55.0 Å². The molecule has 0 saturated heterocycles. The maximum absolute atomic E-state index is 15.6. The minimum atomic E-state index is -2.82. The van der Waals surface area contributed by atoms with E-state index < -0.39 is 35.4 Å². The predicted octanol–water partition coefficient (Wildman–Crippen LogP) is 6.98. The van der Waals surface area contributed by atoms with Crippen molar-refractivity contribution in [1.29, 1.82) is 0 Å². The SMILES string of the molecule is CCn1cnnc1Cn1c(Cc2cc(F)c(-c3cccc(OCc4ccc(C(F)F)cc4F)n3)cc2F)nc2ccc(C(=O)O)cc21. The predicted molar refractivity (Wildman–Crippen MR) is 160 cm³/mol. The quantitative estimate of drug-likeness (QED) is 0.151. The zero-order valence-corrected chi connectivity index (χ0v) is 24.7. The van der Waals surface area contributed by atoms with Crippen molar-refractivity contribution in [2.45, 2.75) is 39.5 Å². The lowest BCUT2D eigenvalue weighted by Crippen LogP contribution is -2.12. The van der Waals surface area contributed by atoms with Gasteiger partial charge < -0.3 is 19.0 Å². The number of carboxylic acid groups (broad SMARTS) is 1. The Morgan fingerprint density at radius 1 is 0.915 bits per heavy atom. The standard InChI is InChI=1S/C33H25F5N6O3/c1-2-43-17-39-42-30(43)15-44-28-12-19(33(45)46)8-9-27(28)40-29(44)13-21-11-25(36)22(14-24(21)35)26-4-3-5-31(41-26)47-16-20-7-6-18(32(37)38)10-23(20)34/h3-12,14,17,32H,2,13,15-16H2,1H3,(H,45,46). The Balaban J connectivity index is 1.28. The first kappa shape index (κ1) is 31.3. The van der Waals surface area contributed by atoms with Crippen LogP contribution in [-0.4, -0.2) is 40.4 Å². The Morgan fingerprint density at radius 3 is 2.47 bits per heavy atom. The normalized spacial score (nSPS) is 11.5. The number of imidazole rings is 1. The molecule has 9 nitrogen and oxygen atoms in total. The van der Waals surface area contributed by atoms with Gasteiger partial charge in [0.1, 0.15) is 36.2 Å². The summed E-state index contributed by atoms with van der Waals surface area (Å²) in [6.45, 7) is 2.32. The molecule has 14 heteroatoms. The lowest BCUT2D eigenvalue weighted by Gasteiger charge is -2.12. The molecule has 0 aliphatic heterocycles. The fraction of sp³-hybridized carbons (Fsp3) is 0.182. The first-order valence-electron chi connectivity index (χ1n) is 14.3. The highest BCUT2D eigenvalue weighted by molar-refractivity contribution is 5.92. The van der Waals surface area contributed by atoms with Crippen LogP contribution in [0.5, 0.6) is 5.88 Å². The number of fused-ring (bicyclic) bond motifs is 1. The van der Waals surface area contributed by atoms with Crippen LogP contribution < -0.4 is 4.74 Å². The second kappa shape index (κ2) is 13.0. The van der Waals surface area contributed by atoms with E-state index >= 15 is 8.78 Å². The highest BCUT2D eigenvalue weighted by Crippen LogP contribution is 2.29. The lowest BCUT2D eigenvalue weighted by atomic mass is 10.0. The topological polar surface area (TPSA) is 108 Å². The maximum atomic E-state index is 15.6. The van der Waals surface area contributed by atoms with E-state index in [1.807, 2.05) is 6.92 Å². The molecule has 0 aliphatic rings. The van der Waals surface area contributed by atoms with Gasteiger partial charge in [0, 0.05) is 35.7 Å². The second-order valence-corrected chi connectivity index (χ2v) is 10.6. The van der Waals surface area contributed by atoms with E-state index in [-0.39, 0.29) is 53.4 Å². The molecule has 47 heavy (non-hydrogen) atoms. The van der Waals surface area contributed by atoms with Gasteiger partial charge in [-0.25, -0.2) is 36.7 Å². The smallest absolute Gasteiger partial charge is 0.335 e. The van der Waals surface area contributed by atoms with Crippen molar-refractivity contribution < 1.29 is 36.6 Å². The molecule has 3 aromatic heterocycles. The monoisotopic (exact) mass is 648 g/mol. The largest absolute Gasteiger partial charge is 0.478 e. The molecule has 0 fully saturated rings. The summed E-state index contributed by atoms with van der Waals surface area (Å²) in [7, 11) is 0. The van der Waals surface area contributed by atoms with E-state index in [4.69, 9.17) is 4.74 Å². The molecule has 0 aliphatic carbocycles. The van der Waals surface area contributed by atoms with Crippen LogP contribution in [-0.2, 0) is 26.1 Å². The van der Waals surface area contributed by atoms with E-state index in [2.05, 4.69) is 20.2 Å². The van der Waals surface area contributed by atoms with E-state index in [1.165, 1.54) is 36.4 Å². The first-order chi connectivity index (χ1) is 22.6. The molecule has 0 amide bonds. The van der Waals surface area contributed by atoms with Gasteiger partial charge in [-0.2, -0.15) is 0 Å². The summed E-state index contributed by atoms with van der Waals surface area (Å²) < 4.78 is 80.1. The van der Waals surface area contributed by atoms with E-state index in [9.17, 15) is 23.1 Å². The summed E-state index contributed by atoms with van der Waals surface area (Å²) in [5.41, 5.74) is 0.433. The molecule has 0 bridgehead atoms. The number of carboxylic acids is 1. The van der Waals surface area contributed by atoms with Crippen LogP contribution in [0.2, 0.25) is 0 Å². The molecule has 0 radical (unpaired) electrons. The number of alkyl halides is 2. The zero-order chi connectivity index (χ0) is 33.2. The zero-order valence-electron chi connectivity index (χ0n) is 24.7. The Labute approximate surface area is 263 Å². The summed E-state index contributed by atoms with van der Waals surface area (Å²) in [6.07, 6.45) is -1.39. The van der Waals surface area contributed by atoms with E-state index in [0.717, 1.165) is 24.3 Å². The average Bonchev–Trinajstić information content (AvgIpc) is 3.65. The molecule has 240 valence electrons. The van der Waals surface area contributed by atoms with Crippen molar-refractivity contribution in [3.63, 3.8) is 0 Å². The van der Waals surface area contributed by atoms with Gasteiger partial charge in [0.2, 0.25) is 5.88 Å². The van der Waals surface area contributed by atoms with Gasteiger partial charge >= 0.3 is 5.97 Å². The minimum absolute atomic E-state index is 0.00616. The van der Waals surface area contributed by atoms with Gasteiger partial charge in [0.25, 0.3) is 6.43 Å². The van der Waals surface area contributed by atoms with Crippen molar-refractivity contribution >= 4 is 17.0 Å². The molecular formula is C33H25F5N6O3. The average molecular weight is 649 g/mol. The number of aryl methyl sites for hydroxylation is 1. The van der Waals surface area contributed by atoms with Crippen LogP contribution in [0.15, 0.2) is 73.1 Å². The molecule has 0 spiro atoms. The van der Waals surface area contributed by atoms with Crippen molar-refractivity contribution in [3.8, 4) is 17.1 Å². The van der Waals surface area contributed by atoms with Crippen LogP contribution in [0.4, 0.5) is 22.0 Å². The fourth-order valence-electron chi connectivity index (χ4n) is 5.13. The Hall–Kier alpha value is -5.66. The fourth-order valence-corrected chi connectivity index (χ4v) is 5.13. The highest BCUT2D eigenvalue weighted by Gasteiger charge is 2.20. The summed E-state index contributed by atoms with van der Waals surface area (Å²) in [5.74, 6) is -2.61. The molecule has 0 unspecified atom stereocenters. The van der Waals surface area contributed by atoms with Crippen molar-refractivity contribution in [1.82, 2.24) is 29.3 Å². The number of halogens is 5. The number of pyridine rings is 1. The second-order valence-electron chi connectivity index (χ2n) is 10.6. The minimum Gasteiger partial charge on any atom is -0.478 e. The number of ether oxygens (including phenoxy) is 1. The van der Waals surface area contributed by atoms with Crippen LogP contribution in [0.3, 0.4) is 0 Å². The summed E-state index contributed by atoms with van der Waals surface area (Å²) >= 11 is 0. The maximum Gasteiger partial charge on any atom is 0.335 e. The molecular weight excluding hydrogens is 623 g/mol. The van der Waals surface area contributed by atoms with E-state index in [1.54, 1.807) is 21.5 Å². The number of rotatable bonds is 11. The van der Waals surface area contributed by atoms with Gasteiger partial charge in [0.15, 0.2) is 5.82 Å². The third-order valence-electron chi connectivity index (χ3n) is 7.60. The van der Waals surface area contributed by atoms with Crippen molar-refractivity contribution in [3.05, 3.63) is 124 Å². The number of hydrogen-bond acceptors (Lipinski definition) is 6. The summed E-state index contributed by atoms with van der Waals surface area (Å²) in [4.78, 5) is 20.5. The number of hydrogen-bond donors (Lipinski definition) is 1. The molecule has 0 atom stereocenters. The third kappa shape index (κ3) is 6.52. The van der Waals surface area contributed by atoms with Crippen molar-refractivity contribution in [2.75, 3.05) is 0 Å². The number of aromatic carboxylic acids is 1. The lowest BCUT2D eigenvalue weighted by molar-refractivity contribution is 0.0697. The highest BCUT2D eigenvalue weighted by atomic mass is 19.3. The Morgan fingerprint density at radius 2 is 1.72 bits per heavy atom. The third-order valence-corrected chi connectivity index (χ3v) is 7.60. The molecule has 3 heterocycles. The summed E-state index contributed by atoms with van der Waals surface area (Å²) in [5, 5.41) is 17.6. The van der Waals surface area contributed by atoms with Gasteiger partial charge in [-0.3, -0.25) is 0 Å². The number of aromatic nitrogens is 6. The number of nitrogens with zero attached hydrogens (tertiary/aromatic N) is 6. The molecule has 1 N–H and O–H groups in total. The summed E-state index contributed by atoms with van der Waals surface area (Å²) in [6, 6.07) is 13.9. The van der Waals surface area contributed by atoms with Crippen LogP contribution in [0, 0.1) is 17.5 Å². The molecule has 3 aromatic carbocycles. The van der Waals surface area contributed by atoms with Gasteiger partial charge in [-0.1, -0.05) is 18.2 Å². The first-order valence-corrected chi connectivity index (χ1v) is 14.3. The molecule has 6 rings (SSSR count).